The van der Waals surface area contributed by atoms with E-state index < -0.39 is 17.6 Å². The smallest absolute Gasteiger partial charge is 0.426 e. The summed E-state index contributed by atoms with van der Waals surface area (Å²) in [6.07, 6.45) is -0.713. The van der Waals surface area contributed by atoms with Crippen LogP contribution < -0.4 is 16.3 Å². The predicted molar refractivity (Wildman–Crippen MR) is 78.1 cm³/mol. The number of carbonyl (C=O) groups excluding carboxylic acids is 2. The van der Waals surface area contributed by atoms with Gasteiger partial charge in [-0.25, -0.2) is 10.2 Å². The third-order valence-corrected chi connectivity index (χ3v) is 2.53. The van der Waals surface area contributed by atoms with Crippen molar-refractivity contribution in [2.75, 3.05) is 0 Å². The van der Waals surface area contributed by atoms with Crippen LogP contribution in [0.1, 0.15) is 42.3 Å². The van der Waals surface area contributed by atoms with Gasteiger partial charge < -0.3 is 4.74 Å². The second kappa shape index (κ2) is 5.99. The Balaban J connectivity index is 2.66. The van der Waals surface area contributed by atoms with Gasteiger partial charge in [0.25, 0.3) is 5.91 Å². The fourth-order valence-electron chi connectivity index (χ4n) is 1.59. The fraction of sp³-hybridized carbons (Fsp3) is 0.429. The van der Waals surface area contributed by atoms with E-state index in [4.69, 9.17) is 12.6 Å². The van der Waals surface area contributed by atoms with E-state index in [-0.39, 0.29) is 0 Å². The van der Waals surface area contributed by atoms with Gasteiger partial charge in [0.05, 0.1) is 0 Å². The largest absolute Gasteiger partial charge is 0.443 e. The van der Waals surface area contributed by atoms with Crippen LogP contribution in [0.4, 0.5) is 4.79 Å². The number of carbonyl (C=O) groups is 2. The molecule has 0 fully saturated rings. The van der Waals surface area contributed by atoms with Gasteiger partial charge in [0.15, 0.2) is 0 Å². The van der Waals surface area contributed by atoms with Crippen LogP contribution in [0.2, 0.25) is 0 Å². The maximum absolute atomic E-state index is 11.9. The molecule has 2 N–H and O–H groups in total. The average Bonchev–Trinajstić information content (AvgIpc) is 2.30. The van der Waals surface area contributed by atoms with Crippen molar-refractivity contribution in [1.82, 2.24) is 10.9 Å². The van der Waals surface area contributed by atoms with Crippen LogP contribution in [0.3, 0.4) is 0 Å². The van der Waals surface area contributed by atoms with Crippen LogP contribution in [0.15, 0.2) is 12.1 Å². The molecule has 0 aliphatic heterocycles. The van der Waals surface area contributed by atoms with Crippen LogP contribution >= 0.6 is 0 Å². The number of rotatable bonds is 1. The van der Waals surface area contributed by atoms with E-state index in [1.807, 2.05) is 13.8 Å². The zero-order chi connectivity index (χ0) is 15.5. The molecule has 0 saturated heterocycles. The third kappa shape index (κ3) is 4.61. The van der Waals surface area contributed by atoms with Gasteiger partial charge >= 0.3 is 6.09 Å². The quantitative estimate of drug-likeness (QED) is 0.598. The van der Waals surface area contributed by atoms with Crippen LogP contribution in [0.25, 0.3) is 0 Å². The highest BCUT2D eigenvalue weighted by Crippen LogP contribution is 2.07. The minimum absolute atomic E-state index is 0.422. The van der Waals surface area contributed by atoms with E-state index in [0.29, 0.717) is 11.0 Å². The number of hydrogen-bond donors (Lipinski definition) is 2. The summed E-state index contributed by atoms with van der Waals surface area (Å²) in [5, 5.41) is 0. The van der Waals surface area contributed by atoms with Crippen molar-refractivity contribution in [3.05, 3.63) is 28.8 Å². The zero-order valence-electron chi connectivity index (χ0n) is 12.5. The van der Waals surface area contributed by atoms with Gasteiger partial charge in [-0.05, 0) is 46.8 Å². The Morgan fingerprint density at radius 2 is 1.60 bits per heavy atom. The Kier molecular flexibility index (Phi) is 4.81. The van der Waals surface area contributed by atoms with Crippen LogP contribution in [-0.2, 0) is 4.74 Å². The van der Waals surface area contributed by atoms with E-state index in [1.54, 1.807) is 32.9 Å². The average molecular weight is 274 g/mol. The summed E-state index contributed by atoms with van der Waals surface area (Å²) >= 11 is 0. The molecule has 0 heterocycles. The topological polar surface area (TPSA) is 67.4 Å². The number of hydrogen-bond acceptors (Lipinski definition) is 3. The Morgan fingerprint density at radius 1 is 1.10 bits per heavy atom. The summed E-state index contributed by atoms with van der Waals surface area (Å²) in [5.74, 6) is -0.429. The highest BCUT2D eigenvalue weighted by molar-refractivity contribution is 6.34. The molecule has 0 aromatic heterocycles. The Bertz CT molecular complexity index is 513. The molecule has 0 saturated carbocycles. The molecule has 0 unspecified atom stereocenters. The van der Waals surface area contributed by atoms with Crippen molar-refractivity contribution in [2.24, 2.45) is 0 Å². The van der Waals surface area contributed by atoms with E-state index in [0.717, 1.165) is 11.1 Å². The van der Waals surface area contributed by atoms with E-state index in [2.05, 4.69) is 10.9 Å². The number of aryl methyl sites for hydroxylation is 2. The molecular weight excluding hydrogens is 255 g/mol. The molecule has 1 aromatic rings. The van der Waals surface area contributed by atoms with Crippen molar-refractivity contribution in [3.8, 4) is 0 Å². The minimum atomic E-state index is -0.713. The van der Waals surface area contributed by atoms with E-state index in [1.165, 1.54) is 0 Å². The van der Waals surface area contributed by atoms with Gasteiger partial charge in [0.1, 0.15) is 13.4 Å². The first-order valence-electron chi connectivity index (χ1n) is 6.26. The Labute approximate surface area is 120 Å². The van der Waals surface area contributed by atoms with Gasteiger partial charge in [-0.15, -0.1) is 0 Å². The molecular formula is C14H19BN2O3. The first-order valence-corrected chi connectivity index (χ1v) is 6.26. The molecule has 106 valence electrons. The highest BCUT2D eigenvalue weighted by Gasteiger charge is 2.17. The molecule has 1 aromatic carbocycles. The number of nitrogens with one attached hydrogen (secondary N) is 2. The molecule has 2 amide bonds. The van der Waals surface area contributed by atoms with E-state index >= 15 is 0 Å². The highest BCUT2D eigenvalue weighted by atomic mass is 16.6. The summed E-state index contributed by atoms with van der Waals surface area (Å²) in [5.41, 5.74) is 6.57. The lowest BCUT2D eigenvalue weighted by atomic mass is 9.85. The van der Waals surface area contributed by atoms with Gasteiger partial charge in [0.2, 0.25) is 0 Å². The van der Waals surface area contributed by atoms with Crippen LogP contribution in [0.5, 0.6) is 0 Å². The van der Waals surface area contributed by atoms with Crippen LogP contribution in [-0.4, -0.2) is 25.4 Å². The van der Waals surface area contributed by atoms with Crippen molar-refractivity contribution in [1.29, 1.82) is 0 Å². The summed E-state index contributed by atoms with van der Waals surface area (Å²) in [6, 6.07) is 3.32. The van der Waals surface area contributed by atoms with Crippen molar-refractivity contribution in [2.45, 2.75) is 40.2 Å². The molecule has 0 spiro atoms. The molecule has 2 radical (unpaired) electrons. The van der Waals surface area contributed by atoms with Gasteiger partial charge in [-0.1, -0.05) is 16.6 Å². The SMILES string of the molecule is [B]c1c(C)cc(C(=O)NNC(=O)OC(C)(C)C)cc1C. The minimum Gasteiger partial charge on any atom is -0.443 e. The third-order valence-electron chi connectivity index (χ3n) is 2.53. The monoisotopic (exact) mass is 274 g/mol. The molecule has 0 atom stereocenters. The first kappa shape index (κ1) is 16.1. The lowest BCUT2D eigenvalue weighted by Crippen LogP contribution is -2.44. The maximum atomic E-state index is 11.9. The fourth-order valence-corrected chi connectivity index (χ4v) is 1.59. The number of amides is 2. The van der Waals surface area contributed by atoms with Crippen molar-refractivity contribution < 1.29 is 14.3 Å². The van der Waals surface area contributed by atoms with Gasteiger partial charge in [-0.3, -0.25) is 10.2 Å². The summed E-state index contributed by atoms with van der Waals surface area (Å²) in [7, 11) is 5.82. The summed E-state index contributed by atoms with van der Waals surface area (Å²) in [4.78, 5) is 23.3. The molecule has 6 heteroatoms. The standard InChI is InChI=1S/C14H19BN2O3/c1-8-6-10(7-9(2)11(8)15)12(18)16-17-13(19)20-14(3,4)5/h6-7H,1-5H3,(H,16,18)(H,17,19). The number of hydrazine groups is 1. The lowest BCUT2D eigenvalue weighted by molar-refractivity contribution is 0.0483. The summed E-state index contributed by atoms with van der Waals surface area (Å²) in [6.45, 7) is 8.85. The molecule has 0 aliphatic carbocycles. The van der Waals surface area contributed by atoms with Gasteiger partial charge in [0, 0.05) is 5.56 Å². The normalized spacial score (nSPS) is 10.8. The molecule has 0 bridgehead atoms. The van der Waals surface area contributed by atoms with E-state index in [9.17, 15) is 9.59 Å². The molecule has 5 nitrogen and oxygen atoms in total. The molecule has 20 heavy (non-hydrogen) atoms. The summed E-state index contributed by atoms with van der Waals surface area (Å²) < 4.78 is 5.01. The maximum Gasteiger partial charge on any atom is 0.426 e. The molecule has 0 aliphatic rings. The first-order chi connectivity index (χ1) is 9.10. The zero-order valence-corrected chi connectivity index (χ0v) is 12.5. The van der Waals surface area contributed by atoms with Crippen molar-refractivity contribution in [3.63, 3.8) is 0 Å². The second-order valence-corrected chi connectivity index (χ2v) is 5.60. The predicted octanol–water partition coefficient (Wildman–Crippen LogP) is 1.27. The Morgan fingerprint density at radius 3 is 2.05 bits per heavy atom. The number of benzene rings is 1. The molecule has 1 rings (SSSR count). The Hall–Kier alpha value is -1.98. The lowest BCUT2D eigenvalue weighted by Gasteiger charge is -2.19. The van der Waals surface area contributed by atoms with Crippen molar-refractivity contribution >= 4 is 25.3 Å². The van der Waals surface area contributed by atoms with Crippen LogP contribution in [0, 0.1) is 13.8 Å². The number of ether oxygens (including phenoxy) is 1. The second-order valence-electron chi connectivity index (χ2n) is 5.60. The van der Waals surface area contributed by atoms with Gasteiger partial charge in [-0.2, -0.15) is 0 Å².